The summed E-state index contributed by atoms with van der Waals surface area (Å²) >= 11 is 7.37. The molecule has 3 rings (SSSR count). The highest BCUT2D eigenvalue weighted by atomic mass is 35.5. The number of nitrogens with zero attached hydrogens (tertiary/aromatic N) is 2. The number of nitrogens with one attached hydrogen (secondary N) is 1. The molecule has 0 saturated carbocycles. The maximum Gasteiger partial charge on any atom is 0.279 e. The molecular weight excluding hydrogens is 398 g/mol. The molecule has 28 heavy (non-hydrogen) atoms. The van der Waals surface area contributed by atoms with E-state index in [4.69, 9.17) is 16.3 Å². The molecule has 8 heteroatoms. The molecule has 0 saturated heterocycles. The average molecular weight is 418 g/mol. The SMILES string of the molecule is CCOCCn1c(=NC(=O)c2cccc(Cl)c2)sc2cc(NC(C)=O)ccc21. The van der Waals surface area contributed by atoms with Crippen molar-refractivity contribution in [3.05, 3.63) is 57.9 Å². The van der Waals surface area contributed by atoms with E-state index in [9.17, 15) is 9.59 Å². The first-order valence-corrected chi connectivity index (χ1v) is 10.0. The lowest BCUT2D eigenvalue weighted by Gasteiger charge is -2.06. The van der Waals surface area contributed by atoms with Gasteiger partial charge in [-0.25, -0.2) is 0 Å². The van der Waals surface area contributed by atoms with Crippen LogP contribution in [0.3, 0.4) is 0 Å². The van der Waals surface area contributed by atoms with E-state index in [1.807, 2.05) is 29.7 Å². The minimum atomic E-state index is -0.360. The normalized spacial score (nSPS) is 11.8. The lowest BCUT2D eigenvalue weighted by Crippen LogP contribution is -2.19. The third-order valence-electron chi connectivity index (χ3n) is 3.94. The van der Waals surface area contributed by atoms with Crippen LogP contribution < -0.4 is 10.1 Å². The van der Waals surface area contributed by atoms with Crippen LogP contribution >= 0.6 is 22.9 Å². The Bertz CT molecular complexity index is 1090. The van der Waals surface area contributed by atoms with Crippen molar-refractivity contribution in [2.24, 2.45) is 4.99 Å². The number of ether oxygens (including phenoxy) is 1. The first kappa shape index (κ1) is 20.3. The molecule has 146 valence electrons. The number of benzene rings is 2. The monoisotopic (exact) mass is 417 g/mol. The molecule has 6 nitrogen and oxygen atoms in total. The molecular formula is C20H20ClN3O3S. The largest absolute Gasteiger partial charge is 0.380 e. The van der Waals surface area contributed by atoms with Crippen LogP contribution in [-0.4, -0.2) is 29.6 Å². The third kappa shape index (κ3) is 4.86. The van der Waals surface area contributed by atoms with E-state index >= 15 is 0 Å². The number of carbonyl (C=O) groups is 2. The van der Waals surface area contributed by atoms with Gasteiger partial charge in [0.1, 0.15) is 0 Å². The second kappa shape index (κ2) is 9.14. The Kier molecular flexibility index (Phi) is 6.61. The fraction of sp³-hybridized carbons (Fsp3) is 0.250. The number of halogens is 1. The highest BCUT2D eigenvalue weighted by Gasteiger charge is 2.11. The third-order valence-corrected chi connectivity index (χ3v) is 5.21. The fourth-order valence-electron chi connectivity index (χ4n) is 2.73. The second-order valence-electron chi connectivity index (χ2n) is 6.02. The summed E-state index contributed by atoms with van der Waals surface area (Å²) in [4.78, 5) is 28.8. The predicted molar refractivity (Wildman–Crippen MR) is 112 cm³/mol. The molecule has 0 bridgehead atoms. The van der Waals surface area contributed by atoms with Crippen molar-refractivity contribution >= 4 is 50.7 Å². The number of amides is 2. The van der Waals surface area contributed by atoms with Crippen LogP contribution in [0.15, 0.2) is 47.5 Å². The number of thiazole rings is 1. The number of rotatable bonds is 6. The summed E-state index contributed by atoms with van der Waals surface area (Å²) in [5.74, 6) is -0.498. The van der Waals surface area contributed by atoms with Crippen LogP contribution in [0.5, 0.6) is 0 Å². The summed E-state index contributed by atoms with van der Waals surface area (Å²) in [7, 11) is 0. The van der Waals surface area contributed by atoms with Crippen molar-refractivity contribution < 1.29 is 14.3 Å². The molecule has 3 aromatic rings. The topological polar surface area (TPSA) is 72.7 Å². The van der Waals surface area contributed by atoms with Crippen LogP contribution in [-0.2, 0) is 16.1 Å². The van der Waals surface area contributed by atoms with Gasteiger partial charge in [-0.15, -0.1) is 0 Å². The summed E-state index contributed by atoms with van der Waals surface area (Å²) in [5.41, 5.74) is 2.06. The van der Waals surface area contributed by atoms with Gasteiger partial charge in [-0.1, -0.05) is 29.0 Å². The number of hydrogen-bond donors (Lipinski definition) is 1. The van der Waals surface area contributed by atoms with Gasteiger partial charge in [0, 0.05) is 36.3 Å². The molecule has 0 fully saturated rings. The van der Waals surface area contributed by atoms with Gasteiger partial charge >= 0.3 is 0 Å². The molecule has 0 aliphatic heterocycles. The minimum Gasteiger partial charge on any atom is -0.380 e. The molecule has 2 aromatic carbocycles. The van der Waals surface area contributed by atoms with Gasteiger partial charge in [0.05, 0.1) is 16.8 Å². The van der Waals surface area contributed by atoms with E-state index in [1.54, 1.807) is 24.3 Å². The number of fused-ring (bicyclic) bond motifs is 1. The number of aromatic nitrogens is 1. The number of anilines is 1. The molecule has 0 atom stereocenters. The van der Waals surface area contributed by atoms with E-state index in [1.165, 1.54) is 18.3 Å². The fourth-order valence-corrected chi connectivity index (χ4v) is 4.01. The van der Waals surface area contributed by atoms with Crippen LogP contribution in [0.1, 0.15) is 24.2 Å². The molecule has 1 aromatic heterocycles. The molecule has 0 spiro atoms. The number of hydrogen-bond acceptors (Lipinski definition) is 4. The first-order chi connectivity index (χ1) is 13.5. The quantitative estimate of drug-likeness (QED) is 0.614. The van der Waals surface area contributed by atoms with Crippen LogP contribution in [0, 0.1) is 0 Å². The zero-order chi connectivity index (χ0) is 20.1. The smallest absolute Gasteiger partial charge is 0.279 e. The first-order valence-electron chi connectivity index (χ1n) is 8.81. The van der Waals surface area contributed by atoms with Gasteiger partial charge in [0.15, 0.2) is 4.80 Å². The molecule has 0 radical (unpaired) electrons. The maximum absolute atomic E-state index is 12.6. The zero-order valence-electron chi connectivity index (χ0n) is 15.6. The predicted octanol–water partition coefficient (Wildman–Crippen LogP) is 4.09. The molecule has 0 aliphatic rings. The van der Waals surface area contributed by atoms with Crippen LogP contribution in [0.25, 0.3) is 10.2 Å². The second-order valence-corrected chi connectivity index (χ2v) is 7.47. The van der Waals surface area contributed by atoms with Gasteiger partial charge < -0.3 is 14.6 Å². The average Bonchev–Trinajstić information content (AvgIpc) is 2.98. The zero-order valence-corrected chi connectivity index (χ0v) is 17.1. The highest BCUT2D eigenvalue weighted by molar-refractivity contribution is 7.16. The van der Waals surface area contributed by atoms with Crippen molar-refractivity contribution in [3.63, 3.8) is 0 Å². The number of carbonyl (C=O) groups excluding carboxylic acids is 2. The van der Waals surface area contributed by atoms with E-state index in [2.05, 4.69) is 10.3 Å². The van der Waals surface area contributed by atoms with Gasteiger partial charge in [-0.3, -0.25) is 9.59 Å². The molecule has 1 heterocycles. The minimum absolute atomic E-state index is 0.138. The van der Waals surface area contributed by atoms with E-state index < -0.39 is 0 Å². The molecule has 0 aliphatic carbocycles. The Labute approximate surface area is 171 Å². The summed E-state index contributed by atoms with van der Waals surface area (Å²) in [6.45, 7) is 5.09. The van der Waals surface area contributed by atoms with Crippen molar-refractivity contribution in [2.45, 2.75) is 20.4 Å². The van der Waals surface area contributed by atoms with Crippen LogP contribution in [0.4, 0.5) is 5.69 Å². The van der Waals surface area contributed by atoms with Gasteiger partial charge in [0.2, 0.25) is 5.91 Å². The Balaban J connectivity index is 2.06. The Hall–Kier alpha value is -2.48. The summed E-state index contributed by atoms with van der Waals surface area (Å²) in [6, 6.07) is 12.3. The van der Waals surface area contributed by atoms with E-state index in [-0.39, 0.29) is 11.8 Å². The van der Waals surface area contributed by atoms with E-state index in [0.717, 1.165) is 10.2 Å². The summed E-state index contributed by atoms with van der Waals surface area (Å²) in [5, 5.41) is 3.26. The van der Waals surface area contributed by atoms with Crippen molar-refractivity contribution in [3.8, 4) is 0 Å². The molecule has 0 unspecified atom stereocenters. The summed E-state index contributed by atoms with van der Waals surface area (Å²) in [6.07, 6.45) is 0. The highest BCUT2D eigenvalue weighted by Crippen LogP contribution is 2.22. The Morgan fingerprint density at radius 2 is 2.07 bits per heavy atom. The Morgan fingerprint density at radius 1 is 1.25 bits per heavy atom. The van der Waals surface area contributed by atoms with Gasteiger partial charge in [0.25, 0.3) is 5.91 Å². The lowest BCUT2D eigenvalue weighted by molar-refractivity contribution is -0.114. The standard InChI is InChI=1S/C20H20ClN3O3S/c1-3-27-10-9-24-17-8-7-16(22-13(2)25)12-18(17)28-20(24)23-19(26)14-5-4-6-15(21)11-14/h4-8,11-12H,3,9-10H2,1-2H3,(H,22,25). The molecule has 1 N–H and O–H groups in total. The molecule has 2 amide bonds. The van der Waals surface area contributed by atoms with E-state index in [0.29, 0.717) is 40.8 Å². The van der Waals surface area contributed by atoms with Gasteiger partial charge in [-0.05, 0) is 43.3 Å². The van der Waals surface area contributed by atoms with Crippen molar-refractivity contribution in [1.82, 2.24) is 4.57 Å². The van der Waals surface area contributed by atoms with Gasteiger partial charge in [-0.2, -0.15) is 4.99 Å². The lowest BCUT2D eigenvalue weighted by atomic mass is 10.2. The Morgan fingerprint density at radius 3 is 2.79 bits per heavy atom. The van der Waals surface area contributed by atoms with Crippen molar-refractivity contribution in [2.75, 3.05) is 18.5 Å². The van der Waals surface area contributed by atoms with Crippen molar-refractivity contribution in [1.29, 1.82) is 0 Å². The van der Waals surface area contributed by atoms with Crippen LogP contribution in [0.2, 0.25) is 5.02 Å². The maximum atomic E-state index is 12.6. The summed E-state index contributed by atoms with van der Waals surface area (Å²) < 4.78 is 8.35.